The smallest absolute Gasteiger partial charge is 0.217 e. The van der Waals surface area contributed by atoms with Crippen LogP contribution >= 0.6 is 0 Å². The van der Waals surface area contributed by atoms with Crippen LogP contribution in [0, 0.1) is 5.92 Å². The van der Waals surface area contributed by atoms with E-state index in [9.17, 15) is 4.79 Å². The molecular formula is C11H21NO4. The molecule has 1 N–H and O–H groups in total. The summed E-state index contributed by atoms with van der Waals surface area (Å²) in [6.07, 6.45) is 0.689. The maximum Gasteiger partial charge on any atom is 0.217 e. The lowest BCUT2D eigenvalue weighted by Crippen LogP contribution is -2.45. The molecule has 1 amide bonds. The molecule has 5 heteroatoms. The third-order valence-corrected chi connectivity index (χ3v) is 3.29. The SMILES string of the molecule is COC1(CNC(C)=O)CC(C)C(C)(OC)O1. The molecule has 16 heavy (non-hydrogen) atoms. The van der Waals surface area contributed by atoms with Gasteiger partial charge in [-0.2, -0.15) is 0 Å². The Hall–Kier alpha value is -0.650. The summed E-state index contributed by atoms with van der Waals surface area (Å²) in [6, 6.07) is 0. The van der Waals surface area contributed by atoms with Crippen molar-refractivity contribution in [3.63, 3.8) is 0 Å². The first kappa shape index (κ1) is 13.4. The van der Waals surface area contributed by atoms with Gasteiger partial charge in [0.25, 0.3) is 0 Å². The van der Waals surface area contributed by atoms with Crippen LogP contribution in [0.15, 0.2) is 0 Å². The molecule has 0 aromatic rings. The third-order valence-electron chi connectivity index (χ3n) is 3.29. The van der Waals surface area contributed by atoms with Crippen LogP contribution in [-0.4, -0.2) is 38.2 Å². The van der Waals surface area contributed by atoms with Crippen molar-refractivity contribution < 1.29 is 19.0 Å². The Morgan fingerprint density at radius 3 is 2.50 bits per heavy atom. The quantitative estimate of drug-likeness (QED) is 0.780. The largest absolute Gasteiger partial charge is 0.353 e. The van der Waals surface area contributed by atoms with E-state index in [0.29, 0.717) is 13.0 Å². The van der Waals surface area contributed by atoms with E-state index in [1.807, 2.05) is 13.8 Å². The Kier molecular flexibility index (Phi) is 3.93. The van der Waals surface area contributed by atoms with Crippen molar-refractivity contribution in [3.05, 3.63) is 0 Å². The Morgan fingerprint density at radius 2 is 2.12 bits per heavy atom. The van der Waals surface area contributed by atoms with Crippen molar-refractivity contribution in [2.75, 3.05) is 20.8 Å². The predicted octanol–water partition coefficient (Wildman–Crippen LogP) is 0.884. The number of amides is 1. The standard InChI is InChI=1S/C11H21NO4/c1-8-6-11(15-5,7-12-9(2)13)16-10(8,3)14-4/h8H,6-7H2,1-5H3,(H,12,13). The molecule has 0 aromatic heterocycles. The molecule has 0 aliphatic carbocycles. The van der Waals surface area contributed by atoms with E-state index >= 15 is 0 Å². The van der Waals surface area contributed by atoms with Gasteiger partial charge < -0.3 is 19.5 Å². The fourth-order valence-corrected chi connectivity index (χ4v) is 1.97. The van der Waals surface area contributed by atoms with E-state index in [0.717, 1.165) is 0 Å². The molecule has 0 spiro atoms. The van der Waals surface area contributed by atoms with E-state index in [2.05, 4.69) is 5.32 Å². The minimum Gasteiger partial charge on any atom is -0.353 e. The molecule has 1 fully saturated rings. The first-order chi connectivity index (χ1) is 7.37. The monoisotopic (exact) mass is 231 g/mol. The molecule has 1 aliphatic heterocycles. The highest BCUT2D eigenvalue weighted by Gasteiger charge is 2.52. The summed E-state index contributed by atoms with van der Waals surface area (Å²) in [4.78, 5) is 10.9. The van der Waals surface area contributed by atoms with Crippen LogP contribution in [0.2, 0.25) is 0 Å². The molecule has 0 saturated carbocycles. The van der Waals surface area contributed by atoms with Gasteiger partial charge in [-0.1, -0.05) is 6.92 Å². The molecule has 1 rings (SSSR count). The van der Waals surface area contributed by atoms with Gasteiger partial charge in [-0.3, -0.25) is 4.79 Å². The zero-order valence-electron chi connectivity index (χ0n) is 10.6. The van der Waals surface area contributed by atoms with Crippen molar-refractivity contribution in [2.24, 2.45) is 5.92 Å². The summed E-state index contributed by atoms with van der Waals surface area (Å²) in [6.45, 7) is 5.73. The van der Waals surface area contributed by atoms with Gasteiger partial charge in [0.05, 0.1) is 6.54 Å². The number of ether oxygens (including phenoxy) is 3. The van der Waals surface area contributed by atoms with Gasteiger partial charge in [-0.25, -0.2) is 0 Å². The number of nitrogens with one attached hydrogen (secondary N) is 1. The summed E-state index contributed by atoms with van der Waals surface area (Å²) < 4.78 is 16.6. The number of hydrogen-bond acceptors (Lipinski definition) is 4. The number of carbonyl (C=O) groups is 1. The Bertz CT molecular complexity index is 271. The summed E-state index contributed by atoms with van der Waals surface area (Å²) in [5, 5.41) is 2.72. The Labute approximate surface area is 96.4 Å². The lowest BCUT2D eigenvalue weighted by Gasteiger charge is -2.31. The van der Waals surface area contributed by atoms with Gasteiger partial charge in [0.15, 0.2) is 11.6 Å². The maximum absolute atomic E-state index is 10.9. The van der Waals surface area contributed by atoms with Crippen molar-refractivity contribution in [2.45, 2.75) is 38.8 Å². The predicted molar refractivity (Wildman–Crippen MR) is 58.7 cm³/mol. The molecule has 3 atom stereocenters. The maximum atomic E-state index is 10.9. The van der Waals surface area contributed by atoms with E-state index in [-0.39, 0.29) is 11.8 Å². The van der Waals surface area contributed by atoms with Gasteiger partial charge in [-0.05, 0) is 6.92 Å². The van der Waals surface area contributed by atoms with Crippen LogP contribution in [0.3, 0.4) is 0 Å². The highest BCUT2D eigenvalue weighted by atomic mass is 16.8. The van der Waals surface area contributed by atoms with Crippen LogP contribution in [0.5, 0.6) is 0 Å². The highest BCUT2D eigenvalue weighted by Crippen LogP contribution is 2.42. The summed E-state index contributed by atoms with van der Waals surface area (Å²) in [5.74, 6) is -1.34. The topological polar surface area (TPSA) is 56.8 Å². The molecule has 0 aromatic carbocycles. The van der Waals surface area contributed by atoms with Crippen molar-refractivity contribution in [1.82, 2.24) is 5.32 Å². The van der Waals surface area contributed by atoms with Crippen LogP contribution in [0.4, 0.5) is 0 Å². The molecule has 0 radical (unpaired) electrons. The molecule has 0 bridgehead atoms. The van der Waals surface area contributed by atoms with Crippen molar-refractivity contribution in [1.29, 1.82) is 0 Å². The average molecular weight is 231 g/mol. The summed E-state index contributed by atoms with van der Waals surface area (Å²) in [5.41, 5.74) is 0. The lowest BCUT2D eigenvalue weighted by atomic mass is 9.98. The first-order valence-corrected chi connectivity index (χ1v) is 5.42. The Morgan fingerprint density at radius 1 is 1.50 bits per heavy atom. The normalized spacial score (nSPS) is 38.7. The van der Waals surface area contributed by atoms with Crippen LogP contribution in [-0.2, 0) is 19.0 Å². The second-order valence-electron chi connectivity index (χ2n) is 4.45. The molecule has 1 aliphatic rings. The fraction of sp³-hybridized carbons (Fsp3) is 0.909. The second kappa shape index (κ2) is 4.69. The van der Waals surface area contributed by atoms with Crippen molar-refractivity contribution in [3.8, 4) is 0 Å². The minimum absolute atomic E-state index is 0.0984. The fourth-order valence-electron chi connectivity index (χ4n) is 1.97. The summed E-state index contributed by atoms with van der Waals surface area (Å²) >= 11 is 0. The molecule has 94 valence electrons. The van der Waals surface area contributed by atoms with E-state index in [4.69, 9.17) is 14.2 Å². The summed E-state index contributed by atoms with van der Waals surface area (Å²) in [7, 11) is 3.19. The van der Waals surface area contributed by atoms with E-state index in [1.54, 1.807) is 14.2 Å². The number of methoxy groups -OCH3 is 2. The molecule has 1 heterocycles. The van der Waals surface area contributed by atoms with Gasteiger partial charge in [-0.15, -0.1) is 0 Å². The molecule has 3 unspecified atom stereocenters. The second-order valence-corrected chi connectivity index (χ2v) is 4.45. The molecule has 5 nitrogen and oxygen atoms in total. The van der Waals surface area contributed by atoms with E-state index in [1.165, 1.54) is 6.92 Å². The minimum atomic E-state index is -0.782. The third kappa shape index (κ3) is 2.53. The van der Waals surface area contributed by atoms with Gasteiger partial charge >= 0.3 is 0 Å². The first-order valence-electron chi connectivity index (χ1n) is 5.42. The van der Waals surface area contributed by atoms with Gasteiger partial charge in [0.1, 0.15) is 0 Å². The number of carbonyl (C=O) groups excluding carboxylic acids is 1. The van der Waals surface area contributed by atoms with Crippen molar-refractivity contribution >= 4 is 5.91 Å². The number of rotatable bonds is 4. The highest BCUT2D eigenvalue weighted by molar-refractivity contribution is 5.72. The average Bonchev–Trinajstić information content (AvgIpc) is 2.50. The molecule has 1 saturated heterocycles. The number of hydrogen-bond donors (Lipinski definition) is 1. The van der Waals surface area contributed by atoms with Crippen LogP contribution in [0.1, 0.15) is 27.2 Å². The zero-order chi connectivity index (χ0) is 12.4. The van der Waals surface area contributed by atoms with E-state index < -0.39 is 11.6 Å². The van der Waals surface area contributed by atoms with Crippen LogP contribution in [0.25, 0.3) is 0 Å². The zero-order valence-corrected chi connectivity index (χ0v) is 10.6. The van der Waals surface area contributed by atoms with Crippen LogP contribution < -0.4 is 5.32 Å². The molecular weight excluding hydrogens is 210 g/mol. The van der Waals surface area contributed by atoms with Gasteiger partial charge in [0.2, 0.25) is 5.91 Å². The Balaban J connectivity index is 2.73. The lowest BCUT2D eigenvalue weighted by molar-refractivity contribution is -0.302. The van der Waals surface area contributed by atoms with Gasteiger partial charge in [0, 0.05) is 33.5 Å².